The highest BCUT2D eigenvalue weighted by atomic mass is 16.2. The van der Waals surface area contributed by atoms with E-state index in [2.05, 4.69) is 10.3 Å². The van der Waals surface area contributed by atoms with Gasteiger partial charge in [0.15, 0.2) is 5.96 Å². The van der Waals surface area contributed by atoms with Gasteiger partial charge in [-0.3, -0.25) is 10.2 Å². The van der Waals surface area contributed by atoms with Gasteiger partial charge in [0, 0.05) is 13.1 Å². The van der Waals surface area contributed by atoms with Gasteiger partial charge in [-0.05, 0) is 6.92 Å². The molecule has 0 saturated carbocycles. The first-order valence-electron chi connectivity index (χ1n) is 4.25. The van der Waals surface area contributed by atoms with Gasteiger partial charge in [0.2, 0.25) is 11.9 Å². The van der Waals surface area contributed by atoms with Crippen molar-refractivity contribution in [2.75, 3.05) is 13.1 Å². The van der Waals surface area contributed by atoms with Crippen molar-refractivity contribution >= 4 is 17.8 Å². The third kappa shape index (κ3) is 2.12. The molecule has 1 saturated heterocycles. The molecule has 7 heteroatoms. The van der Waals surface area contributed by atoms with E-state index in [4.69, 9.17) is 16.9 Å². The van der Waals surface area contributed by atoms with E-state index in [1.54, 1.807) is 11.8 Å². The van der Waals surface area contributed by atoms with Gasteiger partial charge in [0.1, 0.15) is 6.04 Å². The molecular formula is C7H14N6O. The molecule has 1 aliphatic rings. The minimum Gasteiger partial charge on any atom is -0.370 e. The molecule has 14 heavy (non-hydrogen) atoms. The maximum absolute atomic E-state index is 11.2. The Morgan fingerprint density at radius 3 is 2.93 bits per heavy atom. The molecule has 7 nitrogen and oxygen atoms in total. The van der Waals surface area contributed by atoms with Crippen molar-refractivity contribution in [2.24, 2.45) is 16.5 Å². The lowest BCUT2D eigenvalue weighted by Gasteiger charge is -2.32. The fourth-order valence-electron chi connectivity index (χ4n) is 1.26. The molecule has 0 spiro atoms. The van der Waals surface area contributed by atoms with Crippen LogP contribution >= 0.6 is 0 Å². The third-order valence-corrected chi connectivity index (χ3v) is 2.01. The zero-order chi connectivity index (χ0) is 10.7. The number of nitrogens with two attached hydrogens (primary N) is 2. The van der Waals surface area contributed by atoms with Crippen molar-refractivity contribution in [3.05, 3.63) is 0 Å². The number of piperazine rings is 1. The van der Waals surface area contributed by atoms with Crippen LogP contribution in [-0.2, 0) is 4.79 Å². The molecule has 0 bridgehead atoms. The summed E-state index contributed by atoms with van der Waals surface area (Å²) in [7, 11) is 0. The van der Waals surface area contributed by atoms with Gasteiger partial charge in [0.05, 0.1) is 0 Å². The van der Waals surface area contributed by atoms with Crippen LogP contribution in [0.4, 0.5) is 0 Å². The Labute approximate surface area is 81.7 Å². The van der Waals surface area contributed by atoms with E-state index in [0.29, 0.717) is 13.1 Å². The summed E-state index contributed by atoms with van der Waals surface area (Å²) in [5, 5.41) is 10.2. The number of aliphatic imine (C=N–C) groups is 1. The van der Waals surface area contributed by atoms with E-state index in [0.717, 1.165) is 0 Å². The molecule has 1 unspecified atom stereocenters. The normalized spacial score (nSPS) is 21.4. The van der Waals surface area contributed by atoms with E-state index >= 15 is 0 Å². The molecule has 0 aromatic heterocycles. The first-order valence-corrected chi connectivity index (χ1v) is 4.25. The Hall–Kier alpha value is -1.79. The van der Waals surface area contributed by atoms with Crippen LogP contribution in [0, 0.1) is 5.41 Å². The molecule has 0 aliphatic carbocycles. The highest BCUT2D eigenvalue weighted by Gasteiger charge is 2.27. The van der Waals surface area contributed by atoms with E-state index < -0.39 is 6.04 Å². The number of hydrogen-bond acceptors (Lipinski definition) is 2. The summed E-state index contributed by atoms with van der Waals surface area (Å²) in [6.07, 6.45) is 0. The first-order chi connectivity index (χ1) is 6.52. The average Bonchev–Trinajstić information content (AvgIpc) is 2.08. The van der Waals surface area contributed by atoms with Crippen molar-refractivity contribution in [1.29, 1.82) is 5.41 Å². The zero-order valence-corrected chi connectivity index (χ0v) is 7.95. The molecule has 78 valence electrons. The average molecular weight is 198 g/mol. The Bertz CT molecular complexity index is 282. The number of hydrogen-bond donors (Lipinski definition) is 4. The van der Waals surface area contributed by atoms with Crippen LogP contribution in [0.2, 0.25) is 0 Å². The summed E-state index contributed by atoms with van der Waals surface area (Å²) in [6, 6.07) is -0.403. The van der Waals surface area contributed by atoms with Crippen molar-refractivity contribution < 1.29 is 4.79 Å². The second-order valence-electron chi connectivity index (χ2n) is 3.02. The van der Waals surface area contributed by atoms with Crippen LogP contribution in [-0.4, -0.2) is 41.9 Å². The second kappa shape index (κ2) is 3.95. The topological polar surface area (TPSA) is 121 Å². The van der Waals surface area contributed by atoms with Crippen molar-refractivity contribution in [3.8, 4) is 0 Å². The standard InChI is InChI=1S/C7H14N6O/c1-4-5(14)11-2-3-13(4)7(10)12-6(8)9/h4H,2-3H2,1H3,(H,11,14)(H5,8,9,10,12). The van der Waals surface area contributed by atoms with Crippen LogP contribution in [0.1, 0.15) is 6.92 Å². The molecule has 1 fully saturated rings. The summed E-state index contributed by atoms with van der Waals surface area (Å²) in [5.74, 6) is -0.368. The van der Waals surface area contributed by atoms with E-state index in [9.17, 15) is 4.79 Å². The SMILES string of the molecule is CC1C(=O)NCCN1C(=N)N=C(N)N. The van der Waals surface area contributed by atoms with E-state index in [-0.39, 0.29) is 17.8 Å². The fourth-order valence-corrected chi connectivity index (χ4v) is 1.26. The van der Waals surface area contributed by atoms with E-state index in [1.807, 2.05) is 0 Å². The third-order valence-electron chi connectivity index (χ3n) is 2.01. The predicted octanol–water partition coefficient (Wildman–Crippen LogP) is -1.99. The molecule has 0 radical (unpaired) electrons. The molecule has 1 amide bonds. The molecule has 1 aliphatic heterocycles. The minimum atomic E-state index is -0.403. The highest BCUT2D eigenvalue weighted by molar-refractivity contribution is 5.95. The number of amides is 1. The summed E-state index contributed by atoms with van der Waals surface area (Å²) < 4.78 is 0. The van der Waals surface area contributed by atoms with Crippen LogP contribution < -0.4 is 16.8 Å². The second-order valence-corrected chi connectivity index (χ2v) is 3.02. The summed E-state index contributed by atoms with van der Waals surface area (Å²) >= 11 is 0. The van der Waals surface area contributed by atoms with Gasteiger partial charge >= 0.3 is 0 Å². The predicted molar refractivity (Wildman–Crippen MR) is 52.7 cm³/mol. The lowest BCUT2D eigenvalue weighted by molar-refractivity contribution is -0.126. The number of carbonyl (C=O) groups is 1. The Balaban J connectivity index is 2.72. The summed E-state index contributed by atoms with van der Waals surface area (Å²) in [5.41, 5.74) is 10.3. The maximum atomic E-state index is 11.2. The van der Waals surface area contributed by atoms with Crippen LogP contribution in [0.25, 0.3) is 0 Å². The Morgan fingerprint density at radius 2 is 2.36 bits per heavy atom. The molecule has 0 aromatic carbocycles. The van der Waals surface area contributed by atoms with Crippen molar-refractivity contribution in [3.63, 3.8) is 0 Å². The fraction of sp³-hybridized carbons (Fsp3) is 0.571. The van der Waals surface area contributed by atoms with Gasteiger partial charge in [0.25, 0.3) is 0 Å². The Morgan fingerprint density at radius 1 is 1.71 bits per heavy atom. The van der Waals surface area contributed by atoms with Gasteiger partial charge in [-0.1, -0.05) is 0 Å². The van der Waals surface area contributed by atoms with Crippen LogP contribution in [0.5, 0.6) is 0 Å². The monoisotopic (exact) mass is 198 g/mol. The molecule has 1 heterocycles. The quantitative estimate of drug-likeness (QED) is 0.266. The van der Waals surface area contributed by atoms with Gasteiger partial charge in [-0.25, -0.2) is 0 Å². The summed E-state index contributed by atoms with van der Waals surface area (Å²) in [6.45, 7) is 2.75. The van der Waals surface area contributed by atoms with Crippen LogP contribution in [0.3, 0.4) is 0 Å². The van der Waals surface area contributed by atoms with Crippen molar-refractivity contribution in [1.82, 2.24) is 10.2 Å². The smallest absolute Gasteiger partial charge is 0.242 e. The number of guanidine groups is 2. The zero-order valence-electron chi connectivity index (χ0n) is 7.95. The summed E-state index contributed by atoms with van der Waals surface area (Å²) in [4.78, 5) is 16.4. The van der Waals surface area contributed by atoms with Crippen molar-refractivity contribution in [2.45, 2.75) is 13.0 Å². The molecule has 1 atom stereocenters. The highest BCUT2D eigenvalue weighted by Crippen LogP contribution is 2.04. The minimum absolute atomic E-state index is 0.0765. The lowest BCUT2D eigenvalue weighted by Crippen LogP contribution is -2.55. The van der Waals surface area contributed by atoms with Gasteiger partial charge in [-0.15, -0.1) is 0 Å². The number of nitrogens with one attached hydrogen (secondary N) is 2. The molecule has 0 aromatic rings. The van der Waals surface area contributed by atoms with Gasteiger partial charge < -0.3 is 21.7 Å². The number of carbonyl (C=O) groups excluding carboxylic acids is 1. The van der Waals surface area contributed by atoms with E-state index in [1.165, 1.54) is 0 Å². The van der Waals surface area contributed by atoms with Gasteiger partial charge in [-0.2, -0.15) is 4.99 Å². The molecule has 1 rings (SSSR count). The largest absolute Gasteiger partial charge is 0.370 e. The number of nitrogens with zero attached hydrogens (tertiary/aromatic N) is 2. The maximum Gasteiger partial charge on any atom is 0.242 e. The lowest BCUT2D eigenvalue weighted by atomic mass is 10.2. The first kappa shape index (κ1) is 10.3. The van der Waals surface area contributed by atoms with Crippen LogP contribution in [0.15, 0.2) is 4.99 Å². The molecular weight excluding hydrogens is 184 g/mol. The number of rotatable bonds is 0. The Kier molecular flexibility index (Phi) is 2.90. The molecule has 6 N–H and O–H groups in total.